The highest BCUT2D eigenvalue weighted by Crippen LogP contribution is 2.16. The monoisotopic (exact) mass is 218 g/mol. The van der Waals surface area contributed by atoms with Gasteiger partial charge in [0.25, 0.3) is 0 Å². The summed E-state index contributed by atoms with van der Waals surface area (Å²) in [4.78, 5) is 21.3. The zero-order valence-electron chi connectivity index (χ0n) is 8.38. The fraction of sp³-hybridized carbons (Fsp3) is 0. The van der Waals surface area contributed by atoms with Crippen LogP contribution in [0, 0.1) is 0 Å². The van der Waals surface area contributed by atoms with Gasteiger partial charge in [0.05, 0.1) is 5.57 Å². The molecule has 0 saturated heterocycles. The topological polar surface area (TPSA) is 74.6 Å². The Hall–Kier alpha value is -2.36. The quantitative estimate of drug-likeness (QED) is 0.756. The van der Waals surface area contributed by atoms with Crippen molar-refractivity contribution in [2.24, 2.45) is 0 Å². The summed E-state index contributed by atoms with van der Waals surface area (Å²) in [6, 6.07) is 6.42. The first-order chi connectivity index (χ1) is 7.54. The van der Waals surface area contributed by atoms with Crippen LogP contribution in [0.25, 0.3) is 11.6 Å². The van der Waals surface area contributed by atoms with Crippen LogP contribution in [0.2, 0.25) is 0 Å². The van der Waals surface area contributed by atoms with Crippen LogP contribution in [0.5, 0.6) is 0 Å². The summed E-state index contributed by atoms with van der Waals surface area (Å²) in [5, 5.41) is 17.4. The van der Waals surface area contributed by atoms with Crippen LogP contribution in [0.4, 0.5) is 0 Å². The molecule has 1 aromatic rings. The average molecular weight is 218 g/mol. The van der Waals surface area contributed by atoms with E-state index in [2.05, 4.69) is 6.58 Å². The molecule has 0 radical (unpaired) electrons. The van der Waals surface area contributed by atoms with Gasteiger partial charge in [-0.3, -0.25) is 0 Å². The van der Waals surface area contributed by atoms with E-state index in [4.69, 9.17) is 10.2 Å². The van der Waals surface area contributed by atoms with Crippen molar-refractivity contribution in [3.05, 3.63) is 48.0 Å². The van der Waals surface area contributed by atoms with Crippen molar-refractivity contribution in [2.75, 3.05) is 0 Å². The molecule has 0 aliphatic carbocycles. The fourth-order valence-corrected chi connectivity index (χ4v) is 1.19. The van der Waals surface area contributed by atoms with Crippen LogP contribution in [-0.4, -0.2) is 22.2 Å². The van der Waals surface area contributed by atoms with Gasteiger partial charge >= 0.3 is 11.9 Å². The molecule has 0 unspecified atom stereocenters. The van der Waals surface area contributed by atoms with Gasteiger partial charge < -0.3 is 10.2 Å². The molecule has 1 rings (SSSR count). The van der Waals surface area contributed by atoms with Gasteiger partial charge in [-0.25, -0.2) is 9.59 Å². The third-order valence-electron chi connectivity index (χ3n) is 1.96. The van der Waals surface area contributed by atoms with Gasteiger partial charge in [-0.15, -0.1) is 0 Å². The van der Waals surface area contributed by atoms with Gasteiger partial charge in [-0.2, -0.15) is 0 Å². The SMILES string of the molecule is C=Cc1ccc(/C(=C/C(=O)O)C(=O)O)cc1. The summed E-state index contributed by atoms with van der Waals surface area (Å²) in [6.07, 6.45) is 2.29. The predicted octanol–water partition coefficient (Wildman–Crippen LogP) is 1.88. The Morgan fingerprint density at radius 2 is 1.69 bits per heavy atom. The molecule has 0 atom stereocenters. The Balaban J connectivity index is 3.17. The summed E-state index contributed by atoms with van der Waals surface area (Å²) in [6.45, 7) is 3.56. The maximum atomic E-state index is 10.8. The number of benzene rings is 1. The molecule has 2 N–H and O–H groups in total. The molecule has 0 saturated carbocycles. The van der Waals surface area contributed by atoms with Crippen LogP contribution in [-0.2, 0) is 9.59 Å². The van der Waals surface area contributed by atoms with Gasteiger partial charge in [-0.1, -0.05) is 36.9 Å². The van der Waals surface area contributed by atoms with E-state index < -0.39 is 11.9 Å². The lowest BCUT2D eigenvalue weighted by atomic mass is 10.0. The Morgan fingerprint density at radius 3 is 2.06 bits per heavy atom. The molecule has 0 bridgehead atoms. The van der Waals surface area contributed by atoms with Crippen molar-refractivity contribution in [3.8, 4) is 0 Å². The molecule has 82 valence electrons. The van der Waals surface area contributed by atoms with Gasteiger partial charge in [-0.05, 0) is 11.1 Å². The maximum Gasteiger partial charge on any atom is 0.336 e. The third kappa shape index (κ3) is 2.81. The molecule has 0 fully saturated rings. The smallest absolute Gasteiger partial charge is 0.336 e. The number of hydrogen-bond donors (Lipinski definition) is 2. The summed E-state index contributed by atoms with van der Waals surface area (Å²) in [5.74, 6) is -2.56. The second-order valence-electron chi connectivity index (χ2n) is 3.03. The van der Waals surface area contributed by atoms with E-state index in [0.717, 1.165) is 5.56 Å². The Labute approximate surface area is 92.2 Å². The average Bonchev–Trinajstić information content (AvgIpc) is 2.25. The molecule has 16 heavy (non-hydrogen) atoms. The van der Waals surface area contributed by atoms with E-state index in [0.29, 0.717) is 11.6 Å². The second-order valence-corrected chi connectivity index (χ2v) is 3.03. The first-order valence-electron chi connectivity index (χ1n) is 4.45. The largest absolute Gasteiger partial charge is 0.478 e. The molecule has 0 amide bonds. The van der Waals surface area contributed by atoms with Gasteiger partial charge in [0, 0.05) is 6.08 Å². The van der Waals surface area contributed by atoms with Crippen molar-refractivity contribution < 1.29 is 19.8 Å². The predicted molar refractivity (Wildman–Crippen MR) is 59.8 cm³/mol. The Bertz CT molecular complexity index is 454. The van der Waals surface area contributed by atoms with Crippen molar-refractivity contribution in [3.63, 3.8) is 0 Å². The van der Waals surface area contributed by atoms with E-state index in [1.165, 1.54) is 0 Å². The molecule has 4 nitrogen and oxygen atoms in total. The van der Waals surface area contributed by atoms with Gasteiger partial charge in [0.15, 0.2) is 0 Å². The molecule has 0 aliphatic heterocycles. The fourth-order valence-electron chi connectivity index (χ4n) is 1.19. The molecule has 0 aliphatic rings. The molecule has 0 spiro atoms. The summed E-state index contributed by atoms with van der Waals surface area (Å²) in [7, 11) is 0. The highest BCUT2D eigenvalue weighted by Gasteiger charge is 2.11. The van der Waals surface area contributed by atoms with Crippen LogP contribution in [0.1, 0.15) is 11.1 Å². The number of rotatable bonds is 4. The number of aliphatic carboxylic acids is 2. The van der Waals surface area contributed by atoms with Crippen molar-refractivity contribution in [2.45, 2.75) is 0 Å². The lowest BCUT2D eigenvalue weighted by molar-refractivity contribution is -0.133. The molecule has 0 aromatic heterocycles. The number of hydrogen-bond acceptors (Lipinski definition) is 2. The lowest BCUT2D eigenvalue weighted by Gasteiger charge is -2.02. The van der Waals surface area contributed by atoms with E-state index >= 15 is 0 Å². The highest BCUT2D eigenvalue weighted by atomic mass is 16.4. The van der Waals surface area contributed by atoms with Crippen LogP contribution in [0.3, 0.4) is 0 Å². The first kappa shape index (κ1) is 11.7. The minimum Gasteiger partial charge on any atom is -0.478 e. The molecule has 4 heteroatoms. The van der Waals surface area contributed by atoms with E-state index in [9.17, 15) is 9.59 Å². The summed E-state index contributed by atoms with van der Waals surface area (Å²) in [5.41, 5.74) is 0.937. The minimum absolute atomic E-state index is 0.247. The molecular formula is C12H10O4. The van der Waals surface area contributed by atoms with Crippen molar-refractivity contribution in [1.29, 1.82) is 0 Å². The van der Waals surface area contributed by atoms with Crippen LogP contribution in [0.15, 0.2) is 36.9 Å². The summed E-state index contributed by atoms with van der Waals surface area (Å²) >= 11 is 0. The van der Waals surface area contributed by atoms with Crippen LogP contribution >= 0.6 is 0 Å². The number of carbonyl (C=O) groups is 2. The normalized spacial score (nSPS) is 10.9. The summed E-state index contributed by atoms with van der Waals surface area (Å²) < 4.78 is 0. The van der Waals surface area contributed by atoms with Gasteiger partial charge in [0.1, 0.15) is 0 Å². The first-order valence-corrected chi connectivity index (χ1v) is 4.45. The van der Waals surface area contributed by atoms with Crippen molar-refractivity contribution >= 4 is 23.6 Å². The zero-order valence-corrected chi connectivity index (χ0v) is 8.38. The minimum atomic E-state index is -1.29. The maximum absolute atomic E-state index is 10.8. The van der Waals surface area contributed by atoms with E-state index in [1.807, 2.05) is 0 Å². The molecule has 1 aromatic carbocycles. The Kier molecular flexibility index (Phi) is 3.61. The van der Waals surface area contributed by atoms with E-state index in [-0.39, 0.29) is 5.57 Å². The lowest BCUT2D eigenvalue weighted by Crippen LogP contribution is -2.03. The second kappa shape index (κ2) is 4.93. The van der Waals surface area contributed by atoms with Gasteiger partial charge in [0.2, 0.25) is 0 Å². The Morgan fingerprint density at radius 1 is 1.12 bits per heavy atom. The number of carboxylic acid groups (broad SMARTS) is 2. The van der Waals surface area contributed by atoms with Crippen LogP contribution < -0.4 is 0 Å². The third-order valence-corrected chi connectivity index (χ3v) is 1.96. The molecular weight excluding hydrogens is 208 g/mol. The van der Waals surface area contributed by atoms with E-state index in [1.54, 1.807) is 30.3 Å². The highest BCUT2D eigenvalue weighted by molar-refractivity contribution is 6.19. The zero-order chi connectivity index (χ0) is 12.1. The van der Waals surface area contributed by atoms with Crippen molar-refractivity contribution in [1.82, 2.24) is 0 Å². The standard InChI is InChI=1S/C12H10O4/c1-2-8-3-5-9(6-4-8)10(12(15)16)7-11(13)14/h2-7H,1H2,(H,13,14)(H,15,16)/b10-7-. The number of carboxylic acids is 2. The molecule has 0 heterocycles.